The molecule has 0 saturated carbocycles. The Hall–Kier alpha value is -0.965. The summed E-state index contributed by atoms with van der Waals surface area (Å²) in [5.41, 5.74) is 4.46. The normalized spacial score (nSPS) is 10.9. The highest BCUT2D eigenvalue weighted by atomic mass is 16.1. The van der Waals surface area contributed by atoms with Gasteiger partial charge in [-0.05, 0) is 6.92 Å². The molecule has 0 aromatic heterocycles. The largest absolute Gasteiger partial charge is 0.322 e. The van der Waals surface area contributed by atoms with Gasteiger partial charge in [-0.1, -0.05) is 13.8 Å². The topological polar surface area (TPSA) is 77.2 Å². The predicted molar refractivity (Wildman–Crippen MR) is 55.0 cm³/mol. The molecule has 0 fully saturated rings. The summed E-state index contributed by atoms with van der Waals surface area (Å²) in [6, 6.07) is -0.975. The molecule has 2 N–H and O–H groups in total. The molecule has 1 atom stereocenters. The lowest BCUT2D eigenvalue weighted by Crippen LogP contribution is -2.33. The molecule has 2 radical (unpaired) electrons. The van der Waals surface area contributed by atoms with E-state index in [-0.39, 0.29) is 24.4 Å². The predicted octanol–water partition coefficient (Wildman–Crippen LogP) is -0.0267. The number of hydrogen-bond donors (Lipinski definition) is 1. The highest BCUT2D eigenvalue weighted by Gasteiger charge is 2.13. The van der Waals surface area contributed by atoms with Crippen LogP contribution in [0.1, 0.15) is 33.6 Å². The van der Waals surface area contributed by atoms with Gasteiger partial charge in [-0.2, -0.15) is 0 Å². The van der Waals surface area contributed by atoms with Crippen molar-refractivity contribution in [1.82, 2.24) is 0 Å². The van der Waals surface area contributed by atoms with Gasteiger partial charge in [0.15, 0.2) is 7.85 Å². The van der Waals surface area contributed by atoms with Gasteiger partial charge in [0.05, 0.1) is 18.1 Å². The fourth-order valence-electron chi connectivity index (χ4n) is 0.696. The van der Waals surface area contributed by atoms with Crippen LogP contribution in [0, 0.1) is 0 Å². The lowest BCUT2D eigenvalue weighted by Gasteiger charge is -2.05. The van der Waals surface area contributed by atoms with Crippen LogP contribution in [-0.2, 0) is 14.4 Å². The van der Waals surface area contributed by atoms with Crippen molar-refractivity contribution >= 4 is 25.1 Å². The third-order valence-corrected chi connectivity index (χ3v) is 1.26. The van der Waals surface area contributed by atoms with Crippen LogP contribution in [0.4, 0.5) is 0 Å². The van der Waals surface area contributed by atoms with Gasteiger partial charge in [0.2, 0.25) is 0 Å². The van der Waals surface area contributed by atoms with Crippen LogP contribution < -0.4 is 5.73 Å². The minimum Gasteiger partial charge on any atom is -0.322 e. The Labute approximate surface area is 85.6 Å². The minimum absolute atomic E-state index is 0.158. The molecule has 0 amide bonds. The van der Waals surface area contributed by atoms with Gasteiger partial charge in [-0.15, -0.1) is 0 Å². The number of rotatable bonds is 5. The quantitative estimate of drug-likeness (QED) is 0.496. The smallest absolute Gasteiger partial charge is 0.170 e. The van der Waals surface area contributed by atoms with E-state index < -0.39 is 11.7 Å². The first kappa shape index (κ1) is 15.5. The van der Waals surface area contributed by atoms with Crippen LogP contribution in [0.2, 0.25) is 0 Å². The second-order valence-electron chi connectivity index (χ2n) is 2.63. The number of Topliss-reactive ketones (excluding diaryl/α,β-unsaturated/α-hetero) is 2. The first-order valence-corrected chi connectivity index (χ1v) is 4.49. The molecule has 78 valence electrons. The summed E-state index contributed by atoms with van der Waals surface area (Å²) >= 11 is 0. The van der Waals surface area contributed by atoms with Crippen LogP contribution >= 0.6 is 0 Å². The Morgan fingerprint density at radius 2 is 1.71 bits per heavy atom. The van der Waals surface area contributed by atoms with Crippen LogP contribution in [-0.4, -0.2) is 31.1 Å². The maximum absolute atomic E-state index is 10.9. The molecular weight excluding hydrogens is 181 g/mol. The zero-order chi connectivity index (χ0) is 11.7. The van der Waals surface area contributed by atoms with Crippen molar-refractivity contribution in [3.63, 3.8) is 0 Å². The maximum atomic E-state index is 10.9. The summed E-state index contributed by atoms with van der Waals surface area (Å²) in [6.45, 7) is 5.30. The number of ketones is 2. The average Bonchev–Trinajstić information content (AvgIpc) is 2.05. The van der Waals surface area contributed by atoms with Gasteiger partial charge < -0.3 is 10.5 Å². The van der Waals surface area contributed by atoms with Gasteiger partial charge in [-0.25, -0.2) is 0 Å². The number of carbonyl (C=O) groups is 3. The van der Waals surface area contributed by atoms with Crippen molar-refractivity contribution in [2.24, 2.45) is 5.73 Å². The number of nitrogens with two attached hydrogens (primary N) is 1. The van der Waals surface area contributed by atoms with Crippen molar-refractivity contribution in [2.75, 3.05) is 0 Å². The zero-order valence-electron chi connectivity index (χ0n) is 8.87. The van der Waals surface area contributed by atoms with E-state index in [0.717, 1.165) is 0 Å². The Bertz CT molecular complexity index is 216. The lowest BCUT2D eigenvalue weighted by molar-refractivity contribution is -0.127. The van der Waals surface area contributed by atoms with Crippen molar-refractivity contribution in [3.8, 4) is 0 Å². The molecule has 0 aromatic carbocycles. The molecule has 0 rings (SSSR count). The minimum atomic E-state index is -0.975. The third kappa shape index (κ3) is 9.13. The van der Waals surface area contributed by atoms with E-state index >= 15 is 0 Å². The van der Waals surface area contributed by atoms with E-state index in [2.05, 4.69) is 0 Å². The highest BCUT2D eigenvalue weighted by molar-refractivity contribution is 6.59. The van der Waals surface area contributed by atoms with E-state index in [4.69, 9.17) is 13.6 Å². The molecule has 0 aliphatic heterocycles. The standard InChI is InChI=1S/C7H10BNO3.C2H6/c1-4(10)2-5(11)3-6(9)7(8)12;1-2/h6H,2-3,9H2,1H3;1-2H3. The van der Waals surface area contributed by atoms with Gasteiger partial charge in [0.1, 0.15) is 11.6 Å². The second kappa shape index (κ2) is 8.63. The molecular formula is C9H16BNO3. The van der Waals surface area contributed by atoms with E-state index in [0.29, 0.717) is 0 Å². The van der Waals surface area contributed by atoms with Crippen molar-refractivity contribution in [1.29, 1.82) is 0 Å². The maximum Gasteiger partial charge on any atom is 0.170 e. The number of carbonyl (C=O) groups excluding carboxylic acids is 3. The fourth-order valence-corrected chi connectivity index (χ4v) is 0.696. The van der Waals surface area contributed by atoms with E-state index in [9.17, 15) is 14.4 Å². The molecule has 0 heterocycles. The molecule has 0 aliphatic carbocycles. The monoisotopic (exact) mass is 197 g/mol. The molecule has 0 saturated heterocycles. The molecule has 5 heteroatoms. The summed E-state index contributed by atoms with van der Waals surface area (Å²) < 4.78 is 0. The Morgan fingerprint density at radius 3 is 2.00 bits per heavy atom. The van der Waals surface area contributed by atoms with Crippen LogP contribution in [0.15, 0.2) is 0 Å². The van der Waals surface area contributed by atoms with Crippen LogP contribution in [0.25, 0.3) is 0 Å². The lowest BCUT2D eigenvalue weighted by atomic mass is 9.91. The van der Waals surface area contributed by atoms with Gasteiger partial charge in [0.25, 0.3) is 0 Å². The zero-order valence-corrected chi connectivity index (χ0v) is 8.87. The molecule has 1 unspecified atom stereocenters. The summed E-state index contributed by atoms with van der Waals surface area (Å²) in [6.07, 6.45) is -0.337. The molecule has 0 aliphatic rings. The van der Waals surface area contributed by atoms with Gasteiger partial charge >= 0.3 is 0 Å². The van der Waals surface area contributed by atoms with Crippen LogP contribution in [0.5, 0.6) is 0 Å². The summed E-state index contributed by atoms with van der Waals surface area (Å²) in [7, 11) is 4.81. The van der Waals surface area contributed by atoms with Crippen LogP contribution in [0.3, 0.4) is 0 Å². The van der Waals surface area contributed by atoms with E-state index in [1.54, 1.807) is 0 Å². The molecule has 0 aromatic rings. The van der Waals surface area contributed by atoms with Gasteiger partial charge in [0, 0.05) is 6.42 Å². The molecule has 14 heavy (non-hydrogen) atoms. The Balaban J connectivity index is 0. The fraction of sp³-hybridized carbons (Fsp3) is 0.667. The van der Waals surface area contributed by atoms with Crippen molar-refractivity contribution in [2.45, 2.75) is 39.7 Å². The number of hydrogen-bond acceptors (Lipinski definition) is 4. The third-order valence-electron chi connectivity index (χ3n) is 1.26. The van der Waals surface area contributed by atoms with E-state index in [1.165, 1.54) is 6.92 Å². The first-order valence-electron chi connectivity index (χ1n) is 4.49. The van der Waals surface area contributed by atoms with Crippen molar-refractivity contribution in [3.05, 3.63) is 0 Å². The first-order chi connectivity index (χ1) is 6.43. The highest BCUT2D eigenvalue weighted by Crippen LogP contribution is 1.95. The Morgan fingerprint density at radius 1 is 1.29 bits per heavy atom. The van der Waals surface area contributed by atoms with Gasteiger partial charge in [-0.3, -0.25) is 9.59 Å². The van der Waals surface area contributed by atoms with E-state index in [1.807, 2.05) is 13.8 Å². The summed E-state index contributed by atoms with van der Waals surface area (Å²) in [5, 5.41) is 0. The van der Waals surface area contributed by atoms with Crippen molar-refractivity contribution < 1.29 is 14.4 Å². The molecule has 0 bridgehead atoms. The summed E-state index contributed by atoms with van der Waals surface area (Å²) in [5.74, 6) is -0.592. The second-order valence-corrected chi connectivity index (χ2v) is 2.63. The Kier molecular flexibility index (Phi) is 9.55. The average molecular weight is 197 g/mol. The molecule has 4 nitrogen and oxygen atoms in total. The summed E-state index contributed by atoms with van der Waals surface area (Å²) in [4.78, 5) is 31.7. The SMILES string of the molecule is CC.[B]C(=O)C(N)CC(=O)CC(C)=O. The molecule has 0 spiro atoms.